The number of rotatable bonds is 3. The first-order chi connectivity index (χ1) is 7.81. The number of nitrogens with one attached hydrogen (secondary N) is 1. The maximum atomic E-state index is 5.75. The Morgan fingerprint density at radius 2 is 2.12 bits per heavy atom. The van der Waals surface area contributed by atoms with Gasteiger partial charge in [0.1, 0.15) is 11.3 Å². The van der Waals surface area contributed by atoms with Crippen LogP contribution in [0.2, 0.25) is 0 Å². The molecule has 1 aliphatic rings. The minimum Gasteiger partial charge on any atom is -0.460 e. The summed E-state index contributed by atoms with van der Waals surface area (Å²) >= 11 is 0. The second-order valence-electron chi connectivity index (χ2n) is 4.90. The topological polar surface area (TPSA) is 25.2 Å². The summed E-state index contributed by atoms with van der Waals surface area (Å²) in [4.78, 5) is 0. The van der Waals surface area contributed by atoms with E-state index in [-0.39, 0.29) is 0 Å². The summed E-state index contributed by atoms with van der Waals surface area (Å²) in [5.41, 5.74) is 0.987. The lowest BCUT2D eigenvalue weighted by Gasteiger charge is -2.33. The first-order valence-electron chi connectivity index (χ1n) is 6.02. The molecule has 0 saturated heterocycles. The number of para-hydroxylation sites is 1. The summed E-state index contributed by atoms with van der Waals surface area (Å²) in [5.74, 6) is 1.94. The van der Waals surface area contributed by atoms with E-state index in [9.17, 15) is 0 Å². The van der Waals surface area contributed by atoms with Crippen LogP contribution in [-0.4, -0.2) is 6.04 Å². The SMILES string of the molecule is CC1CC(NCc2cc3ccccc3o2)C1. The summed E-state index contributed by atoms with van der Waals surface area (Å²) in [7, 11) is 0. The lowest BCUT2D eigenvalue weighted by Crippen LogP contribution is -2.39. The third kappa shape index (κ3) is 1.85. The number of furan rings is 1. The average Bonchev–Trinajstić information content (AvgIpc) is 2.65. The van der Waals surface area contributed by atoms with Crippen LogP contribution in [0, 0.1) is 5.92 Å². The monoisotopic (exact) mass is 215 g/mol. The van der Waals surface area contributed by atoms with Gasteiger partial charge >= 0.3 is 0 Å². The maximum absolute atomic E-state index is 5.75. The molecule has 0 aliphatic heterocycles. The molecule has 1 saturated carbocycles. The molecule has 1 fully saturated rings. The maximum Gasteiger partial charge on any atom is 0.134 e. The minimum absolute atomic E-state index is 0.697. The van der Waals surface area contributed by atoms with Crippen molar-refractivity contribution in [3.05, 3.63) is 36.1 Å². The molecule has 1 aromatic heterocycles. The van der Waals surface area contributed by atoms with Crippen LogP contribution in [0.25, 0.3) is 11.0 Å². The van der Waals surface area contributed by atoms with Crippen LogP contribution in [0.3, 0.4) is 0 Å². The molecule has 1 aliphatic carbocycles. The summed E-state index contributed by atoms with van der Waals surface area (Å²) in [5, 5.41) is 4.73. The van der Waals surface area contributed by atoms with E-state index in [2.05, 4.69) is 24.4 Å². The highest BCUT2D eigenvalue weighted by Crippen LogP contribution is 2.27. The van der Waals surface area contributed by atoms with Gasteiger partial charge in [-0.2, -0.15) is 0 Å². The van der Waals surface area contributed by atoms with Crippen LogP contribution in [0.4, 0.5) is 0 Å². The molecule has 0 radical (unpaired) electrons. The zero-order valence-corrected chi connectivity index (χ0v) is 9.57. The van der Waals surface area contributed by atoms with Gasteiger partial charge in [-0.05, 0) is 30.9 Å². The van der Waals surface area contributed by atoms with Gasteiger partial charge in [0.25, 0.3) is 0 Å². The van der Waals surface area contributed by atoms with Crippen molar-refractivity contribution in [2.24, 2.45) is 5.92 Å². The third-order valence-corrected chi connectivity index (χ3v) is 3.42. The molecule has 0 amide bonds. The first-order valence-corrected chi connectivity index (χ1v) is 6.02. The van der Waals surface area contributed by atoms with Gasteiger partial charge in [0, 0.05) is 11.4 Å². The molecule has 0 spiro atoms. The second kappa shape index (κ2) is 3.95. The van der Waals surface area contributed by atoms with Crippen LogP contribution in [-0.2, 0) is 6.54 Å². The molecule has 0 unspecified atom stereocenters. The Morgan fingerprint density at radius 3 is 2.88 bits per heavy atom. The summed E-state index contributed by atoms with van der Waals surface area (Å²) in [6.45, 7) is 3.16. The largest absolute Gasteiger partial charge is 0.460 e. The van der Waals surface area contributed by atoms with Gasteiger partial charge in [0.2, 0.25) is 0 Å². The molecule has 0 atom stereocenters. The summed E-state index contributed by atoms with van der Waals surface area (Å²) in [6.07, 6.45) is 2.61. The molecule has 2 nitrogen and oxygen atoms in total. The highest BCUT2D eigenvalue weighted by atomic mass is 16.3. The Balaban J connectivity index is 1.65. The van der Waals surface area contributed by atoms with E-state index in [1.54, 1.807) is 0 Å². The zero-order chi connectivity index (χ0) is 11.0. The van der Waals surface area contributed by atoms with E-state index < -0.39 is 0 Å². The molecule has 16 heavy (non-hydrogen) atoms. The van der Waals surface area contributed by atoms with Crippen molar-refractivity contribution in [2.75, 3.05) is 0 Å². The van der Waals surface area contributed by atoms with E-state index in [1.807, 2.05) is 18.2 Å². The van der Waals surface area contributed by atoms with Crippen LogP contribution in [0.15, 0.2) is 34.7 Å². The zero-order valence-electron chi connectivity index (χ0n) is 9.57. The van der Waals surface area contributed by atoms with Crippen molar-refractivity contribution in [1.82, 2.24) is 5.32 Å². The molecular formula is C14H17NO. The fraction of sp³-hybridized carbons (Fsp3) is 0.429. The fourth-order valence-electron chi connectivity index (χ4n) is 2.44. The van der Waals surface area contributed by atoms with E-state index in [4.69, 9.17) is 4.42 Å². The van der Waals surface area contributed by atoms with Crippen molar-refractivity contribution in [3.63, 3.8) is 0 Å². The standard InChI is InChI=1S/C14H17NO/c1-10-6-12(7-10)15-9-13-8-11-4-2-3-5-14(11)16-13/h2-5,8,10,12,15H,6-7,9H2,1H3. The molecule has 1 heterocycles. The van der Waals surface area contributed by atoms with Crippen molar-refractivity contribution >= 4 is 11.0 Å². The minimum atomic E-state index is 0.697. The van der Waals surface area contributed by atoms with Crippen LogP contribution >= 0.6 is 0 Å². The van der Waals surface area contributed by atoms with Gasteiger partial charge in [-0.15, -0.1) is 0 Å². The van der Waals surface area contributed by atoms with Crippen molar-refractivity contribution < 1.29 is 4.42 Å². The number of hydrogen-bond donors (Lipinski definition) is 1. The highest BCUT2D eigenvalue weighted by Gasteiger charge is 2.24. The molecular weight excluding hydrogens is 198 g/mol. The third-order valence-electron chi connectivity index (χ3n) is 3.42. The molecule has 84 valence electrons. The summed E-state index contributed by atoms with van der Waals surface area (Å²) in [6, 6.07) is 11.0. The quantitative estimate of drug-likeness (QED) is 0.849. The molecule has 1 aromatic carbocycles. The van der Waals surface area contributed by atoms with Crippen LogP contribution in [0.5, 0.6) is 0 Å². The molecule has 2 aromatic rings. The van der Waals surface area contributed by atoms with Gasteiger partial charge in [0.15, 0.2) is 0 Å². The van der Waals surface area contributed by atoms with E-state index in [0.717, 1.165) is 23.8 Å². The van der Waals surface area contributed by atoms with Gasteiger partial charge in [-0.25, -0.2) is 0 Å². The molecule has 2 heteroatoms. The summed E-state index contributed by atoms with van der Waals surface area (Å²) < 4.78 is 5.75. The second-order valence-corrected chi connectivity index (χ2v) is 4.90. The van der Waals surface area contributed by atoms with Gasteiger partial charge in [0.05, 0.1) is 6.54 Å². The van der Waals surface area contributed by atoms with Gasteiger partial charge in [-0.1, -0.05) is 25.1 Å². The lowest BCUT2D eigenvalue weighted by atomic mass is 9.82. The van der Waals surface area contributed by atoms with Gasteiger partial charge in [-0.3, -0.25) is 0 Å². The van der Waals surface area contributed by atoms with Crippen molar-refractivity contribution in [3.8, 4) is 0 Å². The predicted octanol–water partition coefficient (Wildman–Crippen LogP) is 3.32. The molecule has 3 rings (SSSR count). The average molecular weight is 215 g/mol. The van der Waals surface area contributed by atoms with Crippen LogP contribution in [0.1, 0.15) is 25.5 Å². The first kappa shape index (κ1) is 9.91. The van der Waals surface area contributed by atoms with Crippen molar-refractivity contribution in [2.45, 2.75) is 32.4 Å². The Kier molecular flexibility index (Phi) is 2.44. The van der Waals surface area contributed by atoms with E-state index >= 15 is 0 Å². The number of fused-ring (bicyclic) bond motifs is 1. The van der Waals surface area contributed by atoms with Crippen LogP contribution < -0.4 is 5.32 Å². The van der Waals surface area contributed by atoms with Gasteiger partial charge < -0.3 is 9.73 Å². The highest BCUT2D eigenvalue weighted by molar-refractivity contribution is 5.77. The predicted molar refractivity (Wildman–Crippen MR) is 65.2 cm³/mol. The Bertz CT molecular complexity index is 449. The number of hydrogen-bond acceptors (Lipinski definition) is 2. The smallest absolute Gasteiger partial charge is 0.134 e. The Hall–Kier alpha value is -1.28. The Morgan fingerprint density at radius 1 is 1.31 bits per heavy atom. The molecule has 0 bridgehead atoms. The Labute approximate surface area is 95.6 Å². The van der Waals surface area contributed by atoms with Crippen molar-refractivity contribution in [1.29, 1.82) is 0 Å². The lowest BCUT2D eigenvalue weighted by molar-refractivity contribution is 0.236. The number of benzene rings is 1. The van der Waals surface area contributed by atoms with E-state index in [1.165, 1.54) is 18.2 Å². The fourth-order valence-corrected chi connectivity index (χ4v) is 2.44. The molecule has 1 N–H and O–H groups in total. The normalized spacial score (nSPS) is 24.6. The van der Waals surface area contributed by atoms with E-state index in [0.29, 0.717) is 6.04 Å².